The molecule has 0 spiro atoms. The van der Waals surface area contributed by atoms with E-state index in [1.165, 1.54) is 12.1 Å². The summed E-state index contributed by atoms with van der Waals surface area (Å²) in [6.45, 7) is 0. The van der Waals surface area contributed by atoms with Crippen molar-refractivity contribution in [3.63, 3.8) is 0 Å². The summed E-state index contributed by atoms with van der Waals surface area (Å²) in [6.07, 6.45) is 0. The monoisotopic (exact) mass is 358 g/mol. The van der Waals surface area contributed by atoms with Gasteiger partial charge in [-0.3, -0.25) is 9.35 Å². The first-order chi connectivity index (χ1) is 11.8. The average Bonchev–Trinajstić information content (AvgIpc) is 2.54. The zero-order valence-corrected chi connectivity index (χ0v) is 13.6. The van der Waals surface area contributed by atoms with E-state index in [9.17, 15) is 22.9 Å². The number of anilines is 2. The van der Waals surface area contributed by atoms with Gasteiger partial charge < -0.3 is 16.2 Å². The topological polar surface area (TPSA) is 130 Å². The number of rotatable bonds is 3. The maximum Gasteiger partial charge on any atom is 0.294 e. The number of carbonyl (C=O) groups is 1. The minimum atomic E-state index is -4.51. The first kappa shape index (κ1) is 16.7. The summed E-state index contributed by atoms with van der Waals surface area (Å²) < 4.78 is 31.9. The first-order valence-electron chi connectivity index (χ1n) is 7.16. The lowest BCUT2D eigenvalue weighted by atomic mass is 10.1. The molecule has 0 saturated carbocycles. The van der Waals surface area contributed by atoms with Crippen molar-refractivity contribution in [2.75, 3.05) is 11.1 Å². The minimum absolute atomic E-state index is 0.271. The van der Waals surface area contributed by atoms with E-state index in [1.54, 1.807) is 36.4 Å². The van der Waals surface area contributed by atoms with E-state index in [1.807, 2.05) is 0 Å². The summed E-state index contributed by atoms with van der Waals surface area (Å²) in [4.78, 5) is 11.9. The Morgan fingerprint density at radius 1 is 1.00 bits per heavy atom. The van der Waals surface area contributed by atoms with Crippen LogP contribution in [0, 0.1) is 0 Å². The van der Waals surface area contributed by atoms with Crippen LogP contribution in [0.4, 0.5) is 11.4 Å². The van der Waals surface area contributed by atoms with E-state index in [-0.39, 0.29) is 16.8 Å². The lowest BCUT2D eigenvalue weighted by Gasteiger charge is -2.11. The number of aromatic hydroxyl groups is 1. The average molecular weight is 358 g/mol. The van der Waals surface area contributed by atoms with Crippen LogP contribution in [-0.4, -0.2) is 24.0 Å². The molecule has 5 N–H and O–H groups in total. The van der Waals surface area contributed by atoms with Gasteiger partial charge in [0.2, 0.25) is 0 Å². The molecule has 0 aliphatic heterocycles. The first-order valence-corrected chi connectivity index (χ1v) is 8.60. The second-order valence-electron chi connectivity index (χ2n) is 5.40. The third-order valence-corrected chi connectivity index (χ3v) is 4.47. The van der Waals surface area contributed by atoms with Gasteiger partial charge in [0.15, 0.2) is 0 Å². The molecule has 7 nitrogen and oxygen atoms in total. The molecule has 128 valence electrons. The van der Waals surface area contributed by atoms with Gasteiger partial charge in [-0.05, 0) is 30.3 Å². The van der Waals surface area contributed by atoms with Gasteiger partial charge in [-0.2, -0.15) is 8.42 Å². The van der Waals surface area contributed by atoms with Crippen LogP contribution >= 0.6 is 0 Å². The predicted molar refractivity (Wildman–Crippen MR) is 94.2 cm³/mol. The summed E-state index contributed by atoms with van der Waals surface area (Å²) in [6, 6.07) is 13.2. The van der Waals surface area contributed by atoms with Crippen molar-refractivity contribution < 1.29 is 22.9 Å². The summed E-state index contributed by atoms with van der Waals surface area (Å²) in [5.41, 5.74) is 6.70. The number of phenolic OH excluding ortho intramolecular Hbond substituents is 1. The summed E-state index contributed by atoms with van der Waals surface area (Å²) in [5.74, 6) is -0.776. The standard InChI is InChI=1S/C17H14N2O5S/c18-11-4-1-3-10(7-11)17(21)19-15-6-2-5-13-14(15)8-12(9-16(13)20)25(22,23)24/h1-9,20H,18H2,(H,19,21)(H,22,23,24). The van der Waals surface area contributed by atoms with Gasteiger partial charge in [0, 0.05) is 33.8 Å². The van der Waals surface area contributed by atoms with Crippen LogP contribution in [0.15, 0.2) is 59.5 Å². The SMILES string of the molecule is Nc1cccc(C(=O)Nc2cccc3c(O)cc(S(=O)(=O)O)cc23)c1. The maximum absolute atomic E-state index is 12.4. The molecule has 0 aliphatic carbocycles. The van der Waals surface area contributed by atoms with Gasteiger partial charge in [0.25, 0.3) is 16.0 Å². The van der Waals surface area contributed by atoms with Gasteiger partial charge in [0.1, 0.15) is 5.75 Å². The third kappa shape index (κ3) is 3.39. The molecular formula is C17H14N2O5S. The fourth-order valence-corrected chi connectivity index (χ4v) is 3.00. The highest BCUT2D eigenvalue weighted by molar-refractivity contribution is 7.85. The Labute approximate surface area is 143 Å². The van der Waals surface area contributed by atoms with Crippen LogP contribution < -0.4 is 11.1 Å². The van der Waals surface area contributed by atoms with Gasteiger partial charge >= 0.3 is 0 Å². The highest BCUT2D eigenvalue weighted by Gasteiger charge is 2.16. The van der Waals surface area contributed by atoms with Crippen LogP contribution in [-0.2, 0) is 10.1 Å². The minimum Gasteiger partial charge on any atom is -0.507 e. The molecule has 25 heavy (non-hydrogen) atoms. The number of nitrogens with two attached hydrogens (primary N) is 1. The molecule has 0 fully saturated rings. The van der Waals surface area contributed by atoms with Crippen LogP contribution in [0.2, 0.25) is 0 Å². The molecular weight excluding hydrogens is 344 g/mol. The summed E-state index contributed by atoms with van der Waals surface area (Å²) in [7, 11) is -4.51. The largest absolute Gasteiger partial charge is 0.507 e. The Bertz CT molecular complexity index is 1090. The Morgan fingerprint density at radius 2 is 1.72 bits per heavy atom. The molecule has 0 heterocycles. The van der Waals surface area contributed by atoms with Crippen LogP contribution in [0.1, 0.15) is 10.4 Å². The Hall–Kier alpha value is -3.10. The summed E-state index contributed by atoms with van der Waals surface area (Å²) in [5, 5.41) is 13.3. The molecule has 0 unspecified atom stereocenters. The lowest BCUT2D eigenvalue weighted by Crippen LogP contribution is -2.12. The molecule has 8 heteroatoms. The van der Waals surface area contributed by atoms with Crippen LogP contribution in [0.3, 0.4) is 0 Å². The van der Waals surface area contributed by atoms with Crippen molar-refractivity contribution in [2.24, 2.45) is 0 Å². The van der Waals surface area contributed by atoms with Gasteiger partial charge in [-0.25, -0.2) is 0 Å². The second kappa shape index (κ2) is 6.08. The van der Waals surface area contributed by atoms with E-state index in [0.717, 1.165) is 6.07 Å². The van der Waals surface area contributed by atoms with Crippen molar-refractivity contribution in [3.05, 3.63) is 60.2 Å². The summed E-state index contributed by atoms with van der Waals surface area (Å²) >= 11 is 0. The molecule has 0 radical (unpaired) electrons. The van der Waals surface area contributed by atoms with Crippen LogP contribution in [0.25, 0.3) is 10.8 Å². The molecule has 0 aliphatic rings. The maximum atomic E-state index is 12.4. The Kier molecular flexibility index (Phi) is 4.07. The number of amides is 1. The van der Waals surface area contributed by atoms with Gasteiger partial charge in [0.05, 0.1) is 4.90 Å². The second-order valence-corrected chi connectivity index (χ2v) is 6.82. The number of fused-ring (bicyclic) bond motifs is 1. The lowest BCUT2D eigenvalue weighted by molar-refractivity contribution is 0.102. The highest BCUT2D eigenvalue weighted by Crippen LogP contribution is 2.33. The van der Waals surface area contributed by atoms with Crippen molar-refractivity contribution >= 4 is 38.2 Å². The molecule has 0 atom stereocenters. The number of hydrogen-bond donors (Lipinski definition) is 4. The zero-order valence-electron chi connectivity index (χ0n) is 12.8. The Morgan fingerprint density at radius 3 is 2.40 bits per heavy atom. The predicted octanol–water partition coefficient (Wildman–Crippen LogP) is 2.63. The number of carbonyl (C=O) groups excluding carboxylic acids is 1. The van der Waals surface area contributed by atoms with E-state index in [4.69, 9.17) is 5.73 Å². The van der Waals surface area contributed by atoms with Crippen molar-refractivity contribution in [3.8, 4) is 5.75 Å². The number of phenols is 1. The normalized spacial score (nSPS) is 11.4. The molecule has 3 aromatic rings. The molecule has 0 saturated heterocycles. The molecule has 0 bridgehead atoms. The number of benzene rings is 3. The number of nitrogens with one attached hydrogen (secondary N) is 1. The molecule has 0 aromatic heterocycles. The fraction of sp³-hybridized carbons (Fsp3) is 0. The van der Waals surface area contributed by atoms with E-state index in [2.05, 4.69) is 5.32 Å². The highest BCUT2D eigenvalue weighted by atomic mass is 32.2. The van der Waals surface area contributed by atoms with Gasteiger partial charge in [-0.15, -0.1) is 0 Å². The zero-order chi connectivity index (χ0) is 18.2. The van der Waals surface area contributed by atoms with Crippen LogP contribution in [0.5, 0.6) is 5.75 Å². The van der Waals surface area contributed by atoms with E-state index >= 15 is 0 Å². The third-order valence-electron chi connectivity index (χ3n) is 3.64. The Balaban J connectivity index is 2.10. The smallest absolute Gasteiger partial charge is 0.294 e. The molecule has 3 aromatic carbocycles. The van der Waals surface area contributed by atoms with E-state index < -0.39 is 20.9 Å². The molecule has 3 rings (SSSR count). The number of hydrogen-bond acceptors (Lipinski definition) is 5. The van der Waals surface area contributed by atoms with E-state index in [0.29, 0.717) is 16.6 Å². The van der Waals surface area contributed by atoms with Crippen molar-refractivity contribution in [1.82, 2.24) is 0 Å². The quantitative estimate of drug-likeness (QED) is 0.421. The number of nitrogen functional groups attached to an aromatic ring is 1. The molecule has 1 amide bonds. The van der Waals surface area contributed by atoms with Crippen molar-refractivity contribution in [1.29, 1.82) is 0 Å². The van der Waals surface area contributed by atoms with Crippen molar-refractivity contribution in [2.45, 2.75) is 4.90 Å². The fourth-order valence-electron chi connectivity index (χ4n) is 2.47. The van der Waals surface area contributed by atoms with Gasteiger partial charge in [-0.1, -0.05) is 18.2 Å².